The summed E-state index contributed by atoms with van der Waals surface area (Å²) in [4.78, 5) is 27.8. The molecule has 1 amide bonds. The van der Waals surface area contributed by atoms with Gasteiger partial charge in [0.05, 0.1) is 30.4 Å². The summed E-state index contributed by atoms with van der Waals surface area (Å²) in [6, 6.07) is 17.4. The molecule has 3 aromatic carbocycles. The summed E-state index contributed by atoms with van der Waals surface area (Å²) in [7, 11) is 0. The van der Waals surface area contributed by atoms with Gasteiger partial charge in [0, 0.05) is 17.7 Å². The average Bonchev–Trinajstić information content (AvgIpc) is 2.92. The van der Waals surface area contributed by atoms with Crippen LogP contribution in [-0.2, 0) is 33.7 Å². The molecule has 2 aliphatic heterocycles. The molecule has 0 radical (unpaired) electrons. The van der Waals surface area contributed by atoms with Gasteiger partial charge in [-0.25, -0.2) is 4.79 Å². The van der Waals surface area contributed by atoms with Crippen LogP contribution in [0.15, 0.2) is 48.5 Å². The number of anilines is 1. The number of amides is 1. The molecular formula is C33H34N2O5. The molecule has 0 aromatic heterocycles. The van der Waals surface area contributed by atoms with Crippen molar-refractivity contribution in [3.8, 4) is 22.9 Å². The highest BCUT2D eigenvalue weighted by Crippen LogP contribution is 2.45. The Morgan fingerprint density at radius 2 is 1.95 bits per heavy atom. The number of hydrogen-bond acceptors (Lipinski definition) is 5. The highest BCUT2D eigenvalue weighted by Gasteiger charge is 2.36. The summed E-state index contributed by atoms with van der Waals surface area (Å²) < 4.78 is 12.1. The van der Waals surface area contributed by atoms with E-state index in [9.17, 15) is 20.0 Å². The fraction of sp³-hybridized carbons (Fsp3) is 0.364. The first-order chi connectivity index (χ1) is 19.1. The number of benzene rings is 3. The fourth-order valence-electron chi connectivity index (χ4n) is 5.74. The van der Waals surface area contributed by atoms with Gasteiger partial charge in [0.25, 0.3) is 0 Å². The van der Waals surface area contributed by atoms with E-state index in [4.69, 9.17) is 9.47 Å². The second kappa shape index (κ2) is 10.8. The van der Waals surface area contributed by atoms with Crippen molar-refractivity contribution in [1.29, 1.82) is 5.26 Å². The molecule has 5 rings (SSSR count). The zero-order chi connectivity index (χ0) is 28.6. The van der Waals surface area contributed by atoms with Gasteiger partial charge >= 0.3 is 5.97 Å². The third kappa shape index (κ3) is 5.45. The quantitative estimate of drug-likeness (QED) is 0.397. The van der Waals surface area contributed by atoms with E-state index in [2.05, 4.69) is 12.1 Å². The zero-order valence-corrected chi connectivity index (χ0v) is 23.4. The minimum absolute atomic E-state index is 0.0393. The summed E-state index contributed by atoms with van der Waals surface area (Å²) in [5, 5.41) is 19.9. The van der Waals surface area contributed by atoms with Crippen LogP contribution >= 0.6 is 0 Å². The lowest BCUT2D eigenvalue weighted by Gasteiger charge is -2.35. The number of aryl methyl sites for hydroxylation is 2. The third-order valence-electron chi connectivity index (χ3n) is 7.38. The van der Waals surface area contributed by atoms with Crippen LogP contribution in [0.5, 0.6) is 5.75 Å². The van der Waals surface area contributed by atoms with Gasteiger partial charge < -0.3 is 19.5 Å². The Morgan fingerprint density at radius 1 is 1.15 bits per heavy atom. The van der Waals surface area contributed by atoms with Crippen LogP contribution in [0.3, 0.4) is 0 Å². The molecule has 7 heteroatoms. The Morgan fingerprint density at radius 3 is 2.67 bits per heavy atom. The van der Waals surface area contributed by atoms with Crippen molar-refractivity contribution in [2.45, 2.75) is 71.6 Å². The second-order valence-corrected chi connectivity index (χ2v) is 11.5. The van der Waals surface area contributed by atoms with Crippen LogP contribution in [0, 0.1) is 18.3 Å². The lowest BCUT2D eigenvalue weighted by Crippen LogP contribution is -2.36. The van der Waals surface area contributed by atoms with E-state index in [0.717, 1.165) is 52.0 Å². The van der Waals surface area contributed by atoms with Crippen molar-refractivity contribution in [3.05, 3.63) is 81.9 Å². The van der Waals surface area contributed by atoms with Crippen molar-refractivity contribution in [2.24, 2.45) is 0 Å². The van der Waals surface area contributed by atoms with Gasteiger partial charge in [-0.3, -0.25) is 4.79 Å². The van der Waals surface area contributed by atoms with Gasteiger partial charge in [0.1, 0.15) is 5.75 Å². The molecule has 0 spiro atoms. The van der Waals surface area contributed by atoms with E-state index in [1.54, 1.807) is 23.1 Å². The minimum Gasteiger partial charge on any atom is -0.493 e. The zero-order valence-electron chi connectivity index (χ0n) is 23.4. The van der Waals surface area contributed by atoms with Gasteiger partial charge in [-0.05, 0) is 111 Å². The lowest BCUT2D eigenvalue weighted by molar-refractivity contribution is -0.160. The van der Waals surface area contributed by atoms with Crippen LogP contribution in [-0.4, -0.2) is 29.2 Å². The first-order valence-corrected chi connectivity index (χ1v) is 13.7. The molecule has 0 bridgehead atoms. The largest absolute Gasteiger partial charge is 0.493 e. The Hall–Kier alpha value is -4.15. The van der Waals surface area contributed by atoms with E-state index in [0.29, 0.717) is 29.8 Å². The van der Waals surface area contributed by atoms with Crippen LogP contribution < -0.4 is 9.64 Å². The molecule has 2 heterocycles. The lowest BCUT2D eigenvalue weighted by atomic mass is 9.83. The van der Waals surface area contributed by atoms with Gasteiger partial charge in [-0.1, -0.05) is 18.2 Å². The highest BCUT2D eigenvalue weighted by atomic mass is 16.5. The summed E-state index contributed by atoms with van der Waals surface area (Å²) in [6.07, 6.45) is 1.26. The Labute approximate surface area is 235 Å². The summed E-state index contributed by atoms with van der Waals surface area (Å²) in [5.74, 6) is -0.248. The monoisotopic (exact) mass is 538 g/mol. The number of carboxylic acids is 1. The number of nitriles is 1. The van der Waals surface area contributed by atoms with Crippen LogP contribution in [0.2, 0.25) is 0 Å². The van der Waals surface area contributed by atoms with E-state index in [1.807, 2.05) is 52.0 Å². The molecule has 206 valence electrons. The minimum atomic E-state index is -1.23. The molecule has 0 aliphatic carbocycles. The van der Waals surface area contributed by atoms with Crippen molar-refractivity contribution < 1.29 is 24.2 Å². The maximum Gasteiger partial charge on any atom is 0.337 e. The summed E-state index contributed by atoms with van der Waals surface area (Å²) >= 11 is 0. The number of fused-ring (bicyclic) bond motifs is 2. The topological polar surface area (TPSA) is 99.9 Å². The summed E-state index contributed by atoms with van der Waals surface area (Å²) in [5.41, 5.74) is 6.43. The van der Waals surface area contributed by atoms with E-state index in [-0.39, 0.29) is 18.9 Å². The van der Waals surface area contributed by atoms with Crippen molar-refractivity contribution >= 4 is 17.6 Å². The molecule has 40 heavy (non-hydrogen) atoms. The molecule has 3 aromatic rings. The predicted molar refractivity (Wildman–Crippen MR) is 152 cm³/mol. The molecule has 0 fully saturated rings. The number of carboxylic acid groups (broad SMARTS) is 1. The number of nitrogens with zero attached hydrogens (tertiary/aromatic N) is 2. The number of ether oxygens (including phenoxy) is 2. The first-order valence-electron chi connectivity index (χ1n) is 13.7. The normalized spacial score (nSPS) is 15.5. The van der Waals surface area contributed by atoms with Crippen molar-refractivity contribution in [2.75, 3.05) is 11.5 Å². The van der Waals surface area contributed by atoms with E-state index in [1.165, 1.54) is 0 Å². The Balaban J connectivity index is 1.72. The second-order valence-electron chi connectivity index (χ2n) is 11.5. The fourth-order valence-corrected chi connectivity index (χ4v) is 5.74. The first kappa shape index (κ1) is 27.4. The number of carbonyl (C=O) groups excluding carboxylic acids is 1. The van der Waals surface area contributed by atoms with E-state index < -0.39 is 17.7 Å². The van der Waals surface area contributed by atoms with Crippen LogP contribution in [0.1, 0.15) is 73.1 Å². The molecule has 1 atom stereocenters. The maximum atomic E-state index is 13.3. The predicted octanol–water partition coefficient (Wildman–Crippen LogP) is 6.28. The number of rotatable bonds is 6. The Kier molecular flexibility index (Phi) is 7.39. The van der Waals surface area contributed by atoms with Crippen molar-refractivity contribution in [1.82, 2.24) is 0 Å². The summed E-state index contributed by atoms with van der Waals surface area (Å²) in [6.45, 7) is 8.47. The molecule has 7 nitrogen and oxygen atoms in total. The number of carbonyl (C=O) groups is 2. The number of hydrogen-bond donors (Lipinski definition) is 1. The van der Waals surface area contributed by atoms with Gasteiger partial charge in [0.2, 0.25) is 5.91 Å². The molecule has 1 N–H and O–H groups in total. The SMILES string of the molecule is Cc1cc2c(c(C(OC(C)(C)C)C(=O)O)c1-c1ccc3c(c1)CCCO3)CCC(=O)N2Cc1cccc(C#N)c1. The van der Waals surface area contributed by atoms with Gasteiger partial charge in [0.15, 0.2) is 6.10 Å². The van der Waals surface area contributed by atoms with Gasteiger partial charge in [-0.2, -0.15) is 5.26 Å². The maximum absolute atomic E-state index is 13.3. The van der Waals surface area contributed by atoms with Crippen molar-refractivity contribution in [3.63, 3.8) is 0 Å². The van der Waals surface area contributed by atoms with E-state index >= 15 is 0 Å². The number of aliphatic carboxylic acids is 1. The molecule has 0 saturated carbocycles. The standard InChI is InChI=1S/C33H34N2O5/c1-20-15-26-25(11-13-28(36)35(26)19-22-8-5-7-21(16-22)18-34)30(31(32(37)38)40-33(2,3)4)29(20)24-10-12-27-23(17-24)9-6-14-39-27/h5,7-8,10,12,15-17,31H,6,9,11,13-14,19H2,1-4H3,(H,37,38). The molecule has 1 unspecified atom stereocenters. The van der Waals surface area contributed by atoms with Crippen LogP contribution in [0.25, 0.3) is 11.1 Å². The highest BCUT2D eigenvalue weighted by molar-refractivity contribution is 5.98. The molecule has 2 aliphatic rings. The molecule has 0 saturated heterocycles. The Bertz CT molecular complexity index is 1530. The molecular weight excluding hydrogens is 504 g/mol. The average molecular weight is 539 g/mol. The van der Waals surface area contributed by atoms with Gasteiger partial charge in [-0.15, -0.1) is 0 Å². The smallest absolute Gasteiger partial charge is 0.337 e. The third-order valence-corrected chi connectivity index (χ3v) is 7.38. The van der Waals surface area contributed by atoms with Crippen LogP contribution in [0.4, 0.5) is 5.69 Å².